The minimum absolute atomic E-state index is 0.00138. The molecule has 38 heteroatoms. The van der Waals surface area contributed by atoms with Crippen molar-refractivity contribution in [3.05, 3.63) is 272 Å². The average molecular weight is 2100 g/mol. The molecule has 7 amide bonds. The van der Waals surface area contributed by atoms with Crippen LogP contribution in [0, 0.1) is 34.9 Å². The summed E-state index contributed by atoms with van der Waals surface area (Å²) in [5.74, 6) is -11.6. The first-order chi connectivity index (χ1) is 69.8. The highest BCUT2D eigenvalue weighted by Crippen LogP contribution is 2.53. The van der Waals surface area contributed by atoms with E-state index >= 15 is 0 Å². The third-order valence-corrected chi connectivity index (χ3v) is 33.9. The van der Waals surface area contributed by atoms with Crippen molar-refractivity contribution in [2.75, 3.05) is 36.9 Å². The van der Waals surface area contributed by atoms with Crippen LogP contribution in [0.2, 0.25) is 0 Å². The molecule has 1 aromatic heterocycles. The van der Waals surface area contributed by atoms with Crippen LogP contribution in [0.15, 0.2) is 181 Å². The number of aromatic hydroxyl groups is 1. The number of hydrogen-bond donors (Lipinski definition) is 11. The first-order valence-corrected chi connectivity index (χ1v) is 55.9. The normalized spacial score (nSPS) is 15.6. The molecule has 2 saturated carbocycles. The Bertz CT molecular complexity index is 6090. The second-order valence-corrected chi connectivity index (χ2v) is 45.6. The van der Waals surface area contributed by atoms with Crippen LogP contribution in [0.5, 0.6) is 5.75 Å². The van der Waals surface area contributed by atoms with Gasteiger partial charge in [-0.15, -0.1) is 0 Å². The summed E-state index contributed by atoms with van der Waals surface area (Å²) in [6, 6.07) is 32.5. The standard InChI is InChI=1S/C38H49F2N3O6S.C37H48F2N4O5S.C34H47F2N5O6S/c1-4-9-32(10-5-2)50(48,49)24-34(42-36(46)27-12-8-14-31(44)21-27)37(47)43(38(15-16-38)28-13-7-11-25(6-3)17-28)23-35(45)33(41)20-26-18-29(39)22-30(40)19-26;1-4-8-31(9-5-2)49(47,48)24-33(42-35(45)27-12-16-41-17-13-27)36(46)43(37(14-15-37)28-11-7-10-25(6-3)18-28)23-34(44)32(40)21-26-19-29(38)22-30(39)20-26;1-4-8-27(9-5-2)48(46,47)21-30(38-33(44)29-12-13-32(43)40-39-29)34(45)41(19-23-11-7-10-22(6-3)14-23)20-31(42)28(37)17-24-15-25(35)18-26(36)16-24/h7-8,11-14,17-19,21-22,32-35,44-45H,4-6,9-10,15-16,20,23-24,41H2,1-3H3,(H,42,46);7,10-13,16-20,22,31-34,44H,4-6,8-9,14-15,21,23-24,40H2,1-3H3,(H,42,45);7,10-11,14-16,18,27-28,30-31,42H,4-6,8-9,12-13,17,19-21,37H2,1-3H3,(H,38,44)(H,40,43)/t33-,34?,35+;32-,33?,34+;28-,30?,31+/m000/s1. The molecule has 147 heavy (non-hydrogen) atoms. The van der Waals surface area contributed by atoms with Crippen LogP contribution in [-0.4, -0.2) is 220 Å². The number of benzene rings is 7. The summed E-state index contributed by atoms with van der Waals surface area (Å²) in [5.41, 5.74) is 25.7. The van der Waals surface area contributed by atoms with E-state index in [0.29, 0.717) is 115 Å². The third-order valence-electron chi connectivity index (χ3n) is 27.1. The molecule has 9 atom stereocenters. The Morgan fingerprint density at radius 2 is 0.735 bits per heavy atom. The van der Waals surface area contributed by atoms with Crippen LogP contribution in [0.25, 0.3) is 0 Å². The maximum Gasteiger partial charge on any atom is 0.268 e. The molecule has 0 bridgehead atoms. The number of nitrogens with zero attached hydrogens (tertiary/aromatic N) is 5. The second-order valence-electron chi connectivity index (χ2n) is 38.6. The van der Waals surface area contributed by atoms with Gasteiger partial charge in [0.2, 0.25) is 23.6 Å². The maximum atomic E-state index is 14.9. The van der Waals surface area contributed by atoms with Crippen molar-refractivity contribution in [3.8, 4) is 5.75 Å². The fraction of sp³-hybridized carbons (Fsp3) is 0.495. The maximum absolute atomic E-state index is 14.9. The lowest BCUT2D eigenvalue weighted by Gasteiger charge is -2.38. The number of phenolic OH excluding ortho intramolecular Hbond substituents is 1. The zero-order valence-corrected chi connectivity index (χ0v) is 87.6. The van der Waals surface area contributed by atoms with E-state index in [9.17, 15) is 106 Å². The van der Waals surface area contributed by atoms with Crippen LogP contribution in [0.1, 0.15) is 249 Å². The van der Waals surface area contributed by atoms with E-state index in [2.05, 4.69) is 31.5 Å². The van der Waals surface area contributed by atoms with Gasteiger partial charge in [-0.1, -0.05) is 180 Å². The molecule has 802 valence electrons. The third kappa shape index (κ3) is 34.6. The van der Waals surface area contributed by atoms with Crippen LogP contribution < -0.4 is 38.6 Å². The number of sulfone groups is 3. The molecule has 1 aliphatic heterocycles. The number of rotatable bonds is 54. The molecule has 8 aromatic rings. The lowest BCUT2D eigenvalue weighted by molar-refractivity contribution is -0.139. The van der Waals surface area contributed by atoms with Crippen molar-refractivity contribution in [3.63, 3.8) is 0 Å². The van der Waals surface area contributed by atoms with Gasteiger partial charge in [-0.2, -0.15) is 5.10 Å². The molecule has 3 unspecified atom stereocenters. The predicted molar refractivity (Wildman–Crippen MR) is 554 cm³/mol. The van der Waals surface area contributed by atoms with Gasteiger partial charge in [-0.3, -0.25) is 38.5 Å². The Hall–Kier alpha value is -11.4. The number of aliphatic hydroxyl groups excluding tert-OH is 3. The number of halogens is 6. The molecule has 11 rings (SSSR count). The molecule has 2 aliphatic carbocycles. The number of aromatic nitrogens is 1. The summed E-state index contributed by atoms with van der Waals surface area (Å²) in [4.78, 5) is 104. The second kappa shape index (κ2) is 55.8. The Balaban J connectivity index is 0.000000245. The molecular weight excluding hydrogens is 1960 g/mol. The molecular formula is C109H144F6N12O17S3. The van der Waals surface area contributed by atoms with E-state index in [1.165, 1.54) is 63.5 Å². The summed E-state index contributed by atoms with van der Waals surface area (Å²) < 4.78 is 167. The summed E-state index contributed by atoms with van der Waals surface area (Å²) in [6.45, 7) is 16.2. The number of nitrogens with one attached hydrogen (secondary N) is 4. The van der Waals surface area contributed by atoms with Crippen molar-refractivity contribution in [1.82, 2.24) is 41.1 Å². The summed E-state index contributed by atoms with van der Waals surface area (Å²) in [6.07, 6.45) is 8.78. The number of carbonyl (C=O) groups excluding carboxylic acids is 7. The number of carbonyl (C=O) groups is 7. The van der Waals surface area contributed by atoms with Crippen LogP contribution in [-0.2, 0) is 110 Å². The van der Waals surface area contributed by atoms with Crippen molar-refractivity contribution in [2.24, 2.45) is 22.3 Å². The average Bonchev–Trinajstić information content (AvgIpc) is 1.58. The highest BCUT2D eigenvalue weighted by atomic mass is 32.2. The van der Waals surface area contributed by atoms with Crippen molar-refractivity contribution < 1.29 is 106 Å². The number of hydrogen-bond acceptors (Lipinski definition) is 22. The monoisotopic (exact) mass is 2100 g/mol. The van der Waals surface area contributed by atoms with Crippen LogP contribution in [0.3, 0.4) is 0 Å². The topological polar surface area (TPSA) is 464 Å². The van der Waals surface area contributed by atoms with Gasteiger partial charge in [-0.05, 0) is 220 Å². The summed E-state index contributed by atoms with van der Waals surface area (Å²) in [7, 11) is -11.7. The first kappa shape index (κ1) is 119. The van der Waals surface area contributed by atoms with E-state index in [0.717, 1.165) is 95.3 Å². The van der Waals surface area contributed by atoms with Gasteiger partial charge >= 0.3 is 0 Å². The minimum atomic E-state index is -3.92. The number of phenols is 1. The highest BCUT2D eigenvalue weighted by Gasteiger charge is 2.56. The zero-order valence-electron chi connectivity index (χ0n) is 85.1. The number of aliphatic hydroxyl groups is 3. The number of hydrazone groups is 1. The van der Waals surface area contributed by atoms with Crippen LogP contribution >= 0.6 is 0 Å². The van der Waals surface area contributed by atoms with Gasteiger partial charge in [-0.25, -0.2) is 57.0 Å². The number of nitrogens with two attached hydrogens (primary N) is 3. The van der Waals surface area contributed by atoms with E-state index in [4.69, 9.17) is 17.2 Å². The first-order valence-electron chi connectivity index (χ1n) is 50.8. The predicted octanol–water partition coefficient (Wildman–Crippen LogP) is 12.9. The largest absolute Gasteiger partial charge is 0.508 e. The van der Waals surface area contributed by atoms with Crippen molar-refractivity contribution in [2.45, 2.75) is 304 Å². The fourth-order valence-electron chi connectivity index (χ4n) is 18.8. The Morgan fingerprint density at radius 1 is 0.401 bits per heavy atom. The molecule has 0 radical (unpaired) electrons. The SMILES string of the molecule is CCCC(CCC)S(=O)(=O)CC(NC(=O)C1=NNC(=O)CC1)C(=O)N(Cc1cccc(CC)c1)C[C@@H](O)[C@@H](N)Cc1cc(F)cc(F)c1.CCCC(CCC)S(=O)(=O)CC(NC(=O)c1cccc(O)c1)C(=O)N(C[C@@H](O)[C@@H](N)Cc1cc(F)cc(F)c1)C1(c2cccc(CC)c2)CC1.CCCC(CCC)S(=O)(=O)CC(NC(=O)c1ccncc1)C(=O)N(C[C@@H](O)[C@@H](N)Cc1cc(F)cc(F)c1)C1(c2cccc(CC)c2)CC1. The Morgan fingerprint density at radius 3 is 1.08 bits per heavy atom. The number of amides is 7. The molecule has 14 N–H and O–H groups in total. The molecule has 2 fully saturated rings. The Labute approximate surface area is 859 Å². The van der Waals surface area contributed by atoms with Gasteiger partial charge in [0.25, 0.3) is 17.7 Å². The van der Waals surface area contributed by atoms with Gasteiger partial charge in [0, 0.05) is 98.9 Å². The highest BCUT2D eigenvalue weighted by molar-refractivity contribution is 7.92. The fourth-order valence-corrected chi connectivity index (χ4v) is 25.2. The van der Waals surface area contributed by atoms with Crippen LogP contribution in [0.4, 0.5) is 26.3 Å². The molecule has 3 aliphatic rings. The van der Waals surface area contributed by atoms with Crippen molar-refractivity contribution >= 4 is 76.6 Å². The van der Waals surface area contributed by atoms with E-state index in [-0.39, 0.29) is 103 Å². The quantitative estimate of drug-likeness (QED) is 0.0158. The molecule has 0 saturated heterocycles. The lowest BCUT2D eigenvalue weighted by atomic mass is 9.96. The minimum Gasteiger partial charge on any atom is -0.508 e. The van der Waals surface area contributed by atoms with E-state index in [1.54, 1.807) is 6.07 Å². The van der Waals surface area contributed by atoms with Gasteiger partial charge in [0.1, 0.15) is 64.5 Å². The lowest BCUT2D eigenvalue weighted by Crippen LogP contribution is -2.58. The molecule has 2 heterocycles. The zero-order chi connectivity index (χ0) is 108. The Kier molecular flexibility index (Phi) is 45.2. The molecule has 29 nitrogen and oxygen atoms in total. The van der Waals surface area contributed by atoms with E-state index in [1.807, 2.05) is 129 Å². The summed E-state index contributed by atoms with van der Waals surface area (Å²) >= 11 is 0. The molecule has 0 spiro atoms. The summed E-state index contributed by atoms with van der Waals surface area (Å²) in [5, 5.41) is 53.7. The number of aryl methyl sites for hydroxylation is 3. The van der Waals surface area contributed by atoms with Gasteiger partial charge in [0.15, 0.2) is 29.5 Å². The van der Waals surface area contributed by atoms with E-state index < -0.39 is 199 Å². The van der Waals surface area contributed by atoms with Crippen molar-refractivity contribution in [1.29, 1.82) is 0 Å². The van der Waals surface area contributed by atoms with Gasteiger partial charge in [0.05, 0.1) is 62.4 Å². The number of pyridine rings is 1. The van der Waals surface area contributed by atoms with Gasteiger partial charge < -0.3 is 68.3 Å². The smallest absolute Gasteiger partial charge is 0.268 e. The molecule has 7 aromatic carbocycles.